The Bertz CT molecular complexity index is 5370. The molecule has 0 aliphatic carbocycles. The van der Waals surface area contributed by atoms with Crippen molar-refractivity contribution in [3.8, 4) is 11.5 Å². The van der Waals surface area contributed by atoms with Crippen LogP contribution in [0.3, 0.4) is 0 Å². The van der Waals surface area contributed by atoms with E-state index in [4.69, 9.17) is 34.1 Å². The van der Waals surface area contributed by atoms with E-state index >= 15 is 24.0 Å². The van der Waals surface area contributed by atoms with Crippen LogP contribution in [0.25, 0.3) is 0 Å². The van der Waals surface area contributed by atoms with Gasteiger partial charge in [0.2, 0.25) is 47.3 Å². The summed E-state index contributed by atoms with van der Waals surface area (Å²) in [5.41, 5.74) is 3.45. The van der Waals surface area contributed by atoms with E-state index in [-0.39, 0.29) is 102 Å². The predicted octanol–water partition coefficient (Wildman–Crippen LogP) is 11.1. The van der Waals surface area contributed by atoms with Gasteiger partial charge in [0.15, 0.2) is 0 Å². The highest BCUT2D eigenvalue weighted by atomic mass is 32.2. The van der Waals surface area contributed by atoms with Crippen LogP contribution < -0.4 is 62.0 Å². The van der Waals surface area contributed by atoms with Crippen LogP contribution in [0.1, 0.15) is 189 Å². The number of amides is 9. The van der Waals surface area contributed by atoms with Gasteiger partial charge in [0, 0.05) is 45.1 Å². The van der Waals surface area contributed by atoms with Gasteiger partial charge in [0.1, 0.15) is 89.8 Å². The lowest BCUT2D eigenvalue weighted by Crippen LogP contribution is -2.62. The number of carboxylic acid groups (broad SMARTS) is 1. The second kappa shape index (κ2) is 49.4. The molecule has 9 rings (SSSR count). The maximum atomic E-state index is 16.0. The van der Waals surface area contributed by atoms with E-state index in [1.165, 1.54) is 12.0 Å². The zero-order valence-electron chi connectivity index (χ0n) is 79.3. The minimum Gasteiger partial charge on any atom is -0.496 e. The number of likely N-dealkylation sites (tertiary alicyclic amines) is 1. The Balaban J connectivity index is 1.04. The number of methoxy groups -OCH3 is 1. The van der Waals surface area contributed by atoms with Crippen molar-refractivity contribution in [3.05, 3.63) is 250 Å². The number of nitrogens with zero attached hydrogens (tertiary/aromatic N) is 3. The molecule has 34 heteroatoms. The third-order valence-corrected chi connectivity index (χ3v) is 24.8. The van der Waals surface area contributed by atoms with E-state index in [9.17, 15) is 42.3 Å². The first-order chi connectivity index (χ1) is 64.2. The van der Waals surface area contributed by atoms with Gasteiger partial charge in [-0.1, -0.05) is 198 Å². The van der Waals surface area contributed by atoms with Gasteiger partial charge < -0.3 is 86.1 Å². The summed E-state index contributed by atoms with van der Waals surface area (Å²) in [6, 6.07) is 43.4. The predicted molar refractivity (Wildman–Crippen MR) is 509 cm³/mol. The van der Waals surface area contributed by atoms with Crippen molar-refractivity contribution < 1.29 is 89.9 Å². The lowest BCUT2D eigenvalue weighted by atomic mass is 9.77. The summed E-state index contributed by atoms with van der Waals surface area (Å²) < 4.78 is 60.3. The maximum Gasteiger partial charge on any atom is 0.408 e. The Hall–Kier alpha value is -13.7. The van der Waals surface area contributed by atoms with Crippen LogP contribution in [0.5, 0.6) is 11.5 Å². The number of sulfonamides is 1. The Morgan fingerprint density at radius 3 is 1.62 bits per heavy atom. The molecule has 7 aromatic carbocycles. The molecule has 1 aliphatic rings. The Morgan fingerprint density at radius 2 is 1.07 bits per heavy atom. The number of nitrogens with one attached hydrogen (secondary N) is 11. The molecule has 0 unspecified atom stereocenters. The summed E-state index contributed by atoms with van der Waals surface area (Å²) >= 11 is 0. The summed E-state index contributed by atoms with van der Waals surface area (Å²) in [6.07, 6.45) is 1.14. The summed E-state index contributed by atoms with van der Waals surface area (Å²) in [5, 5.41) is 43.7. The van der Waals surface area contributed by atoms with Crippen LogP contribution in [0.15, 0.2) is 199 Å². The first-order valence-corrected chi connectivity index (χ1v) is 47.1. The number of carboxylic acids is 1. The minimum atomic E-state index is -4.38. The molecule has 12 N–H and O–H groups in total. The van der Waals surface area contributed by atoms with Gasteiger partial charge in [-0.3, -0.25) is 43.8 Å². The molecule has 135 heavy (non-hydrogen) atoms. The van der Waals surface area contributed by atoms with Gasteiger partial charge in [0.05, 0.1) is 24.0 Å². The Labute approximate surface area is 790 Å². The number of ether oxygens (including phenoxy) is 5. The van der Waals surface area contributed by atoms with Crippen molar-refractivity contribution in [2.24, 2.45) is 11.8 Å². The molecule has 0 bridgehead atoms. The first-order valence-electron chi connectivity index (χ1n) is 45.7. The third kappa shape index (κ3) is 30.7. The monoisotopic (exact) mass is 1870 g/mol. The standard InChI is InChI=1S/C101H130N14O19S/c1-15-65(4)86(93(123)109-81(94(124)115-56-34-47-82(115)91(121)107-79(52-53-84(116)117)95(125)131-61-70-35-21-16-22-36-70)59-75-60-114(63-105-75)101(72-39-25-18-26-40-72,73-41-27-19-28-42-73)74-43-29-20-30-44-74)112-90(120)80(58-69-48-50-76(51-49-69)133-99(8,9)10)108-92(122)85(64(2)3)111-89(119)77(46-33-55-103-96(102)113-135(128,129)87-66(5)57-83(130-14)67(6)68(87)7)106-88(118)78(45-31-32-54-104-97(126)134-100(11,12)13)110-98(127)132-62-71-37-23-17-24-38-71/h16-30,35-44,48-51,57,60,63-65,77-82,85-86H,15,31-34,45-47,52-56,58-59,61-62H2,1-14H3,(H,104,126)(H,106,118)(H,107,121)(H,108,122)(H,109,123)(H,110,127)(H,111,119)(H,112,120)(H,116,117)(H3,102,103,113)/t65-,77-,78-,79-,80-,81-,82-,85-,86-/m0/s1. The highest BCUT2D eigenvalue weighted by Gasteiger charge is 2.44. The number of unbranched alkanes of at least 4 members (excludes halogenated alkanes) is 1. The van der Waals surface area contributed by atoms with E-state index in [1.807, 2.05) is 116 Å². The van der Waals surface area contributed by atoms with Gasteiger partial charge in [-0.05, 0) is 194 Å². The smallest absolute Gasteiger partial charge is 0.408 e. The van der Waals surface area contributed by atoms with Gasteiger partial charge in [0.25, 0.3) is 10.0 Å². The van der Waals surface area contributed by atoms with Crippen LogP contribution >= 0.6 is 0 Å². The zero-order chi connectivity index (χ0) is 98.3. The first kappa shape index (κ1) is 105. The van der Waals surface area contributed by atoms with E-state index in [0.717, 1.165) is 16.7 Å². The number of esters is 1. The van der Waals surface area contributed by atoms with Crippen molar-refractivity contribution in [1.29, 1.82) is 5.41 Å². The number of rotatable bonds is 46. The molecule has 9 amide bonds. The van der Waals surface area contributed by atoms with Crippen molar-refractivity contribution in [3.63, 3.8) is 0 Å². The van der Waals surface area contributed by atoms with E-state index in [0.29, 0.717) is 57.0 Å². The fourth-order valence-corrected chi connectivity index (χ4v) is 17.5. The second-order valence-corrected chi connectivity index (χ2v) is 37.7. The quantitative estimate of drug-likeness (QED) is 0.00421. The van der Waals surface area contributed by atoms with Crippen LogP contribution in [0.2, 0.25) is 0 Å². The molecule has 724 valence electrons. The summed E-state index contributed by atoms with van der Waals surface area (Å²) in [6.45, 7) is 22.0. The normalized spacial score (nSPS) is 14.5. The van der Waals surface area contributed by atoms with Crippen LogP contribution in [0.4, 0.5) is 9.59 Å². The van der Waals surface area contributed by atoms with Crippen molar-refractivity contribution in [2.45, 2.75) is 250 Å². The maximum absolute atomic E-state index is 16.0. The van der Waals surface area contributed by atoms with E-state index < -0.39 is 165 Å². The highest BCUT2D eigenvalue weighted by molar-refractivity contribution is 7.90. The van der Waals surface area contributed by atoms with Gasteiger partial charge in [-0.15, -0.1) is 0 Å². The Morgan fingerprint density at radius 1 is 0.548 bits per heavy atom. The zero-order valence-corrected chi connectivity index (χ0v) is 80.1. The number of benzene rings is 7. The number of aromatic nitrogens is 2. The molecule has 8 aromatic rings. The Kier molecular flexibility index (Phi) is 38.4. The van der Waals surface area contributed by atoms with Crippen LogP contribution in [-0.4, -0.2) is 186 Å². The molecule has 1 saturated heterocycles. The highest BCUT2D eigenvalue weighted by Crippen LogP contribution is 2.41. The number of carbonyl (C=O) groups excluding carboxylic acids is 10. The average Bonchev–Trinajstić information content (AvgIpc) is 1.71. The fourth-order valence-electron chi connectivity index (χ4n) is 16.0. The third-order valence-electron chi connectivity index (χ3n) is 23.1. The summed E-state index contributed by atoms with van der Waals surface area (Å²) in [7, 11) is -2.91. The number of imidazole rings is 1. The number of guanidine groups is 1. The molecular weight excluding hydrogens is 1750 g/mol. The molecule has 0 spiro atoms. The molecule has 1 aromatic heterocycles. The number of alkyl carbamates (subject to hydrolysis) is 2. The fraction of sp³-hybridized carbons (Fsp3) is 0.436. The minimum absolute atomic E-state index is 0.00625. The van der Waals surface area contributed by atoms with E-state index in [2.05, 4.69) is 52.6 Å². The van der Waals surface area contributed by atoms with Crippen molar-refractivity contribution in [2.75, 3.05) is 26.7 Å². The molecule has 1 fully saturated rings. The number of aryl methyl sites for hydroxylation is 1. The largest absolute Gasteiger partial charge is 0.496 e. The molecule has 0 radical (unpaired) electrons. The molecule has 33 nitrogen and oxygen atoms in total. The van der Waals surface area contributed by atoms with Gasteiger partial charge in [-0.2, -0.15) is 0 Å². The number of hydrogen-bond donors (Lipinski definition) is 12. The number of hydrogen-bond acceptors (Lipinski definition) is 20. The lowest BCUT2D eigenvalue weighted by molar-refractivity contribution is -0.150. The van der Waals surface area contributed by atoms with Gasteiger partial charge >= 0.3 is 24.1 Å². The SMILES string of the molecule is CC[C@H](C)[C@H](NC(=O)[C@H](Cc1ccc(OC(C)(C)C)cc1)NC(=O)[C@@H](NC(=O)[C@H](CCCNC(=N)NS(=O)(=O)c1c(C)cc(OC)c(C)c1C)NC(=O)[C@H](CCCCNC(=O)OC(C)(C)C)NC(=O)OCc1ccccc1)C(C)C)C(=O)N[C@@H](Cc1cn(C(c2ccccc2)(c2ccccc2)c2ccccc2)cn1)C(=O)N1CCC[C@H]1C(=O)N[C@@H](CCC(=O)O)C(=O)OCc1ccccc1. The average molecular weight is 1880 g/mol. The van der Waals surface area contributed by atoms with Crippen molar-refractivity contribution >= 4 is 81.5 Å². The number of aliphatic carboxylic acids is 1. The molecule has 1 aliphatic heterocycles. The van der Waals surface area contributed by atoms with E-state index in [1.54, 1.807) is 173 Å². The van der Waals surface area contributed by atoms with Crippen molar-refractivity contribution in [1.82, 2.24) is 67.0 Å². The topological polar surface area (TPSA) is 453 Å². The lowest BCUT2D eigenvalue weighted by Gasteiger charge is -2.37. The summed E-state index contributed by atoms with van der Waals surface area (Å²) in [4.78, 5) is 167. The van der Waals surface area contributed by atoms with Crippen LogP contribution in [-0.2, 0) is 99.0 Å². The molecule has 0 saturated carbocycles. The second-order valence-electron chi connectivity index (χ2n) is 36.1. The van der Waals surface area contributed by atoms with Crippen LogP contribution in [0, 0.1) is 38.0 Å². The van der Waals surface area contributed by atoms with Gasteiger partial charge in [-0.25, -0.2) is 32.5 Å². The summed E-state index contributed by atoms with van der Waals surface area (Å²) in [5.74, 6) is -9.29. The molecule has 9 atom stereocenters. The molecule has 2 heterocycles. The number of carbonyl (C=O) groups is 11. The molecular formula is C101H130N14O19S.